The molecule has 1 aliphatic heterocycles. The molecule has 1 aromatic heterocycles. The molecule has 0 saturated carbocycles. The lowest BCUT2D eigenvalue weighted by molar-refractivity contribution is 0.209. The summed E-state index contributed by atoms with van der Waals surface area (Å²) in [6.07, 6.45) is 4.49. The van der Waals surface area contributed by atoms with E-state index in [-0.39, 0.29) is 0 Å². The Balaban J connectivity index is 1.62. The van der Waals surface area contributed by atoms with Gasteiger partial charge in [0, 0.05) is 30.1 Å². The van der Waals surface area contributed by atoms with Crippen LogP contribution < -0.4 is 4.74 Å². The summed E-state index contributed by atoms with van der Waals surface area (Å²) in [5.74, 6) is 0.904. The summed E-state index contributed by atoms with van der Waals surface area (Å²) in [5.41, 5.74) is 2.30. The molecule has 0 amide bonds. The summed E-state index contributed by atoms with van der Waals surface area (Å²) >= 11 is 1.71. The van der Waals surface area contributed by atoms with E-state index in [1.165, 1.54) is 12.8 Å². The van der Waals surface area contributed by atoms with Gasteiger partial charge in [0.1, 0.15) is 10.8 Å². The van der Waals surface area contributed by atoms with Crippen LogP contribution in [0.15, 0.2) is 29.6 Å². The zero-order chi connectivity index (χ0) is 16.8. The van der Waals surface area contributed by atoms with E-state index < -0.39 is 0 Å². The highest BCUT2D eigenvalue weighted by Crippen LogP contribution is 2.28. The number of aliphatic hydroxyl groups excluding tert-OH is 1. The highest BCUT2D eigenvalue weighted by molar-refractivity contribution is 7.13. The number of rotatable bonds is 8. The van der Waals surface area contributed by atoms with Crippen LogP contribution in [0.1, 0.15) is 38.3 Å². The molecule has 0 bridgehead atoms. The number of aliphatic hydroxyl groups is 1. The second-order valence-corrected chi connectivity index (χ2v) is 7.09. The third-order valence-corrected chi connectivity index (χ3v) is 5.46. The van der Waals surface area contributed by atoms with Gasteiger partial charge in [-0.2, -0.15) is 0 Å². The van der Waals surface area contributed by atoms with Crippen molar-refractivity contribution in [1.29, 1.82) is 0 Å². The number of benzene rings is 1. The lowest BCUT2D eigenvalue weighted by atomic mass is 10.1. The number of ether oxygens (including phenoxy) is 1. The van der Waals surface area contributed by atoms with E-state index >= 15 is 0 Å². The average Bonchev–Trinajstić information content (AvgIpc) is 3.24. The molecule has 1 N–H and O–H groups in total. The minimum Gasteiger partial charge on any atom is -0.494 e. The van der Waals surface area contributed by atoms with Gasteiger partial charge in [0.25, 0.3) is 0 Å². The van der Waals surface area contributed by atoms with E-state index in [1.54, 1.807) is 11.3 Å². The van der Waals surface area contributed by atoms with Gasteiger partial charge in [0.15, 0.2) is 0 Å². The summed E-state index contributed by atoms with van der Waals surface area (Å²) in [5, 5.41) is 12.3. The fraction of sp³-hybridized carbons (Fsp3) is 0.526. The number of hydrogen-bond acceptors (Lipinski definition) is 5. The largest absolute Gasteiger partial charge is 0.494 e. The molecule has 1 saturated heterocycles. The van der Waals surface area contributed by atoms with E-state index in [0.29, 0.717) is 19.3 Å². The first-order valence-electron chi connectivity index (χ1n) is 8.82. The Labute approximate surface area is 148 Å². The van der Waals surface area contributed by atoms with Crippen LogP contribution in [0.25, 0.3) is 10.6 Å². The Morgan fingerprint density at radius 3 is 2.92 bits per heavy atom. The summed E-state index contributed by atoms with van der Waals surface area (Å²) < 4.78 is 5.49. The minimum atomic E-state index is 0.295. The molecule has 1 atom stereocenters. The van der Waals surface area contributed by atoms with Crippen molar-refractivity contribution in [3.63, 3.8) is 0 Å². The van der Waals surface area contributed by atoms with Crippen LogP contribution in [-0.4, -0.2) is 40.8 Å². The molecule has 0 radical (unpaired) electrons. The van der Waals surface area contributed by atoms with Crippen molar-refractivity contribution >= 4 is 11.3 Å². The van der Waals surface area contributed by atoms with Crippen molar-refractivity contribution in [3.05, 3.63) is 35.3 Å². The Morgan fingerprint density at radius 2 is 2.17 bits per heavy atom. The van der Waals surface area contributed by atoms with Crippen molar-refractivity contribution in [2.24, 2.45) is 0 Å². The van der Waals surface area contributed by atoms with Crippen molar-refractivity contribution in [2.45, 2.75) is 45.2 Å². The standard InChI is InChI=1S/C19H26N2O2S/c1-2-23-18-9-7-15(8-10-18)19-20-16(14-24-19)13-21-11-3-5-17(21)6-4-12-22/h7-10,14,17,22H,2-6,11-13H2,1H3. The van der Waals surface area contributed by atoms with Gasteiger partial charge in [-0.1, -0.05) is 0 Å². The number of aromatic nitrogens is 1. The third-order valence-electron chi connectivity index (χ3n) is 4.52. The second kappa shape index (κ2) is 8.60. The minimum absolute atomic E-state index is 0.295. The van der Waals surface area contributed by atoms with Gasteiger partial charge in [-0.25, -0.2) is 4.98 Å². The van der Waals surface area contributed by atoms with E-state index in [0.717, 1.165) is 47.9 Å². The molecule has 1 fully saturated rings. The molecule has 3 rings (SSSR count). The van der Waals surface area contributed by atoms with Gasteiger partial charge < -0.3 is 9.84 Å². The van der Waals surface area contributed by atoms with Crippen LogP contribution in [-0.2, 0) is 6.54 Å². The average molecular weight is 346 g/mol. The zero-order valence-corrected chi connectivity index (χ0v) is 15.1. The molecule has 0 spiro atoms. The molecule has 2 heterocycles. The van der Waals surface area contributed by atoms with E-state index in [1.807, 2.05) is 19.1 Å². The molecular formula is C19H26N2O2S. The van der Waals surface area contributed by atoms with Crippen LogP contribution >= 0.6 is 11.3 Å². The molecule has 1 unspecified atom stereocenters. The monoisotopic (exact) mass is 346 g/mol. The van der Waals surface area contributed by atoms with Gasteiger partial charge in [0.2, 0.25) is 0 Å². The van der Waals surface area contributed by atoms with Crippen molar-refractivity contribution in [2.75, 3.05) is 19.8 Å². The summed E-state index contributed by atoms with van der Waals surface area (Å²) in [6.45, 7) is 5.04. The Morgan fingerprint density at radius 1 is 1.33 bits per heavy atom. The van der Waals surface area contributed by atoms with Crippen LogP contribution in [0.5, 0.6) is 5.75 Å². The second-order valence-electron chi connectivity index (χ2n) is 6.23. The normalized spacial score (nSPS) is 18.2. The topological polar surface area (TPSA) is 45.6 Å². The van der Waals surface area contributed by atoms with Gasteiger partial charge >= 0.3 is 0 Å². The van der Waals surface area contributed by atoms with Crippen LogP contribution in [0.2, 0.25) is 0 Å². The molecule has 1 aliphatic rings. The molecule has 24 heavy (non-hydrogen) atoms. The van der Waals surface area contributed by atoms with E-state index in [4.69, 9.17) is 14.8 Å². The van der Waals surface area contributed by atoms with Gasteiger partial charge in [0.05, 0.1) is 12.3 Å². The Bertz CT molecular complexity index is 627. The fourth-order valence-electron chi connectivity index (χ4n) is 3.34. The summed E-state index contributed by atoms with van der Waals surface area (Å²) in [6, 6.07) is 8.77. The van der Waals surface area contributed by atoms with E-state index in [9.17, 15) is 0 Å². The molecule has 130 valence electrons. The molecule has 0 aliphatic carbocycles. The maximum atomic E-state index is 9.05. The zero-order valence-electron chi connectivity index (χ0n) is 14.3. The highest BCUT2D eigenvalue weighted by atomic mass is 32.1. The maximum Gasteiger partial charge on any atom is 0.123 e. The molecule has 1 aromatic carbocycles. The molecule has 2 aromatic rings. The molecular weight excluding hydrogens is 320 g/mol. The lowest BCUT2D eigenvalue weighted by Gasteiger charge is -2.23. The number of likely N-dealkylation sites (tertiary alicyclic amines) is 1. The van der Waals surface area contributed by atoms with Gasteiger partial charge in [-0.15, -0.1) is 11.3 Å². The van der Waals surface area contributed by atoms with Crippen LogP contribution in [0.3, 0.4) is 0 Å². The van der Waals surface area contributed by atoms with Crippen molar-refractivity contribution < 1.29 is 9.84 Å². The number of nitrogens with zero attached hydrogens (tertiary/aromatic N) is 2. The number of thiazole rings is 1. The predicted molar refractivity (Wildman–Crippen MR) is 98.5 cm³/mol. The quantitative estimate of drug-likeness (QED) is 0.786. The first-order valence-corrected chi connectivity index (χ1v) is 9.70. The van der Waals surface area contributed by atoms with Gasteiger partial charge in [-0.3, -0.25) is 4.90 Å². The van der Waals surface area contributed by atoms with E-state index in [2.05, 4.69) is 22.4 Å². The van der Waals surface area contributed by atoms with Crippen LogP contribution in [0.4, 0.5) is 0 Å². The van der Waals surface area contributed by atoms with Gasteiger partial charge in [-0.05, 0) is 63.4 Å². The molecule has 4 nitrogen and oxygen atoms in total. The first-order chi connectivity index (χ1) is 11.8. The third kappa shape index (κ3) is 4.35. The summed E-state index contributed by atoms with van der Waals surface area (Å²) in [4.78, 5) is 7.34. The lowest BCUT2D eigenvalue weighted by Crippen LogP contribution is -2.29. The highest BCUT2D eigenvalue weighted by Gasteiger charge is 2.24. The summed E-state index contributed by atoms with van der Waals surface area (Å²) in [7, 11) is 0. The predicted octanol–water partition coefficient (Wildman–Crippen LogP) is 3.95. The Kier molecular flexibility index (Phi) is 6.24. The Hall–Kier alpha value is -1.43. The molecule has 5 heteroatoms. The smallest absolute Gasteiger partial charge is 0.123 e. The fourth-order valence-corrected chi connectivity index (χ4v) is 4.15. The SMILES string of the molecule is CCOc1ccc(-c2nc(CN3CCCC3CCCO)cs2)cc1. The maximum absolute atomic E-state index is 9.05. The van der Waals surface area contributed by atoms with Crippen LogP contribution in [0, 0.1) is 0 Å². The van der Waals surface area contributed by atoms with Crippen molar-refractivity contribution in [3.8, 4) is 16.3 Å². The first kappa shape index (κ1) is 17.4. The number of hydrogen-bond donors (Lipinski definition) is 1. The van der Waals surface area contributed by atoms with Crippen molar-refractivity contribution in [1.82, 2.24) is 9.88 Å².